The molecule has 1 aromatic carbocycles. The van der Waals surface area contributed by atoms with E-state index < -0.39 is 6.04 Å². The van der Waals surface area contributed by atoms with Gasteiger partial charge in [0.05, 0.1) is 46.4 Å². The number of nitrogens with zero attached hydrogens (tertiary/aromatic N) is 3. The molecule has 0 saturated heterocycles. The van der Waals surface area contributed by atoms with E-state index >= 15 is 0 Å². The van der Waals surface area contributed by atoms with Gasteiger partial charge in [-0.15, -0.1) is 0 Å². The third-order valence-corrected chi connectivity index (χ3v) is 5.48. The topological polar surface area (TPSA) is 81.1 Å². The molecule has 2 aromatic heterocycles. The molecule has 0 spiro atoms. The molecule has 3 aromatic rings. The summed E-state index contributed by atoms with van der Waals surface area (Å²) in [4.78, 5) is 17.6. The highest BCUT2D eigenvalue weighted by atomic mass is 35.5. The van der Waals surface area contributed by atoms with E-state index in [1.165, 1.54) is 0 Å². The second-order valence-electron chi connectivity index (χ2n) is 6.69. The molecule has 4 rings (SSSR count). The van der Waals surface area contributed by atoms with Crippen molar-refractivity contribution in [1.82, 2.24) is 20.1 Å². The first-order valence-corrected chi connectivity index (χ1v) is 9.99. The molecular formula is C21H19Cl2N5O2. The van der Waals surface area contributed by atoms with Crippen LogP contribution in [0.5, 0.6) is 0 Å². The monoisotopic (exact) mass is 443 g/mol. The number of nitrogens with one attached hydrogen (secondary N) is 2. The Morgan fingerprint density at radius 2 is 2.07 bits per heavy atom. The van der Waals surface area contributed by atoms with Crippen molar-refractivity contribution in [3.63, 3.8) is 0 Å². The second kappa shape index (κ2) is 8.87. The standard InChI is InChI=1S/C21H19Cl2N5O2/c1-30-12-17-19(21(29)25-11-14-4-2-3-8-24-14)20(28-18(27-17)7-9-26-28)13-5-6-15(22)16(23)10-13/h2-10,20,27H,11-12H2,1H3,(H,25,29). The van der Waals surface area contributed by atoms with Gasteiger partial charge in [0, 0.05) is 19.4 Å². The summed E-state index contributed by atoms with van der Waals surface area (Å²) in [5, 5.41) is 11.5. The highest BCUT2D eigenvalue weighted by Gasteiger charge is 2.34. The van der Waals surface area contributed by atoms with E-state index in [-0.39, 0.29) is 12.5 Å². The van der Waals surface area contributed by atoms with E-state index in [1.807, 2.05) is 30.3 Å². The van der Waals surface area contributed by atoms with Crippen LogP contribution in [-0.2, 0) is 16.1 Å². The van der Waals surface area contributed by atoms with E-state index in [1.54, 1.807) is 36.3 Å². The number of hydrogen-bond acceptors (Lipinski definition) is 5. The van der Waals surface area contributed by atoms with E-state index in [0.29, 0.717) is 27.9 Å². The molecule has 30 heavy (non-hydrogen) atoms. The fraction of sp³-hybridized carbons (Fsp3) is 0.190. The maximum Gasteiger partial charge on any atom is 0.251 e. The molecular weight excluding hydrogens is 425 g/mol. The van der Waals surface area contributed by atoms with Crippen LogP contribution < -0.4 is 10.6 Å². The Hall–Kier alpha value is -2.87. The molecule has 1 atom stereocenters. The molecule has 0 fully saturated rings. The van der Waals surface area contributed by atoms with Gasteiger partial charge < -0.3 is 15.4 Å². The molecule has 0 bridgehead atoms. The van der Waals surface area contributed by atoms with Crippen molar-refractivity contribution >= 4 is 34.9 Å². The molecule has 3 heterocycles. The number of hydrogen-bond donors (Lipinski definition) is 2. The highest BCUT2D eigenvalue weighted by molar-refractivity contribution is 6.42. The molecule has 1 unspecified atom stereocenters. The lowest BCUT2D eigenvalue weighted by Crippen LogP contribution is -2.36. The number of benzene rings is 1. The number of carbonyl (C=O) groups is 1. The number of rotatable bonds is 6. The van der Waals surface area contributed by atoms with Gasteiger partial charge in [0.25, 0.3) is 5.91 Å². The third kappa shape index (κ3) is 4.05. The number of anilines is 1. The number of ether oxygens (including phenoxy) is 1. The normalized spacial score (nSPS) is 15.5. The van der Waals surface area contributed by atoms with Crippen LogP contribution in [0.25, 0.3) is 0 Å². The van der Waals surface area contributed by atoms with Crippen LogP contribution in [0.4, 0.5) is 5.82 Å². The number of amides is 1. The summed E-state index contributed by atoms with van der Waals surface area (Å²) < 4.78 is 7.10. The van der Waals surface area contributed by atoms with Crippen molar-refractivity contribution in [2.75, 3.05) is 19.0 Å². The van der Waals surface area contributed by atoms with Crippen molar-refractivity contribution in [2.45, 2.75) is 12.6 Å². The van der Waals surface area contributed by atoms with Crippen molar-refractivity contribution in [1.29, 1.82) is 0 Å². The molecule has 1 amide bonds. The second-order valence-corrected chi connectivity index (χ2v) is 7.51. The predicted molar refractivity (Wildman–Crippen MR) is 115 cm³/mol. The predicted octanol–water partition coefficient (Wildman–Crippen LogP) is 3.82. The van der Waals surface area contributed by atoms with Crippen LogP contribution in [0.2, 0.25) is 10.0 Å². The fourth-order valence-corrected chi connectivity index (χ4v) is 3.71. The van der Waals surface area contributed by atoms with Gasteiger partial charge in [0.2, 0.25) is 0 Å². The summed E-state index contributed by atoms with van der Waals surface area (Å²) in [6.07, 6.45) is 3.36. The lowest BCUT2D eigenvalue weighted by molar-refractivity contribution is -0.118. The summed E-state index contributed by atoms with van der Waals surface area (Å²) in [6, 6.07) is 12.2. The van der Waals surface area contributed by atoms with Gasteiger partial charge in [-0.05, 0) is 29.8 Å². The van der Waals surface area contributed by atoms with E-state index in [2.05, 4.69) is 20.7 Å². The van der Waals surface area contributed by atoms with Gasteiger partial charge in [-0.3, -0.25) is 9.78 Å². The maximum absolute atomic E-state index is 13.3. The third-order valence-electron chi connectivity index (χ3n) is 4.74. The average Bonchev–Trinajstić information content (AvgIpc) is 3.22. The molecule has 1 aliphatic heterocycles. The van der Waals surface area contributed by atoms with Gasteiger partial charge in [0.1, 0.15) is 11.9 Å². The molecule has 0 radical (unpaired) electrons. The van der Waals surface area contributed by atoms with Gasteiger partial charge in [-0.2, -0.15) is 5.10 Å². The van der Waals surface area contributed by atoms with Gasteiger partial charge in [-0.25, -0.2) is 4.68 Å². The maximum atomic E-state index is 13.3. The Kier molecular flexibility index (Phi) is 6.03. The van der Waals surface area contributed by atoms with E-state index in [4.69, 9.17) is 27.9 Å². The zero-order valence-corrected chi connectivity index (χ0v) is 17.6. The fourth-order valence-electron chi connectivity index (χ4n) is 3.41. The molecule has 7 nitrogen and oxygen atoms in total. The Morgan fingerprint density at radius 1 is 1.20 bits per heavy atom. The Morgan fingerprint density at radius 3 is 2.80 bits per heavy atom. The zero-order valence-electron chi connectivity index (χ0n) is 16.1. The number of pyridine rings is 1. The Bertz CT molecular complexity index is 1100. The number of aromatic nitrogens is 3. The smallest absolute Gasteiger partial charge is 0.251 e. The number of fused-ring (bicyclic) bond motifs is 1. The average molecular weight is 444 g/mol. The van der Waals surface area contributed by atoms with Crippen molar-refractivity contribution in [3.8, 4) is 0 Å². The van der Waals surface area contributed by atoms with Crippen molar-refractivity contribution in [3.05, 3.63) is 87.4 Å². The molecule has 0 aliphatic carbocycles. The summed E-state index contributed by atoms with van der Waals surface area (Å²) in [5.74, 6) is 0.497. The summed E-state index contributed by atoms with van der Waals surface area (Å²) in [6.45, 7) is 0.527. The van der Waals surface area contributed by atoms with E-state index in [0.717, 1.165) is 17.1 Å². The summed E-state index contributed by atoms with van der Waals surface area (Å²) in [5.41, 5.74) is 2.68. The first kappa shape index (κ1) is 20.4. The summed E-state index contributed by atoms with van der Waals surface area (Å²) >= 11 is 12.4. The van der Waals surface area contributed by atoms with E-state index in [9.17, 15) is 4.79 Å². The SMILES string of the molecule is COCC1=C(C(=O)NCc2ccccn2)C(c2ccc(Cl)c(Cl)c2)n2nccc2N1. The summed E-state index contributed by atoms with van der Waals surface area (Å²) in [7, 11) is 1.58. The van der Waals surface area contributed by atoms with Crippen LogP contribution in [0, 0.1) is 0 Å². The lowest BCUT2D eigenvalue weighted by atomic mass is 9.94. The number of carbonyl (C=O) groups excluding carboxylic acids is 1. The van der Waals surface area contributed by atoms with Crippen LogP contribution >= 0.6 is 23.2 Å². The molecule has 1 aliphatic rings. The molecule has 2 N–H and O–H groups in total. The van der Waals surface area contributed by atoms with Crippen LogP contribution in [0.3, 0.4) is 0 Å². The first-order chi connectivity index (χ1) is 14.6. The van der Waals surface area contributed by atoms with Crippen molar-refractivity contribution < 1.29 is 9.53 Å². The first-order valence-electron chi connectivity index (χ1n) is 9.24. The van der Waals surface area contributed by atoms with Gasteiger partial charge in [-0.1, -0.05) is 35.3 Å². The number of halogens is 2. The highest BCUT2D eigenvalue weighted by Crippen LogP contribution is 2.37. The van der Waals surface area contributed by atoms with Crippen molar-refractivity contribution in [2.24, 2.45) is 0 Å². The largest absolute Gasteiger partial charge is 0.378 e. The quantitative estimate of drug-likeness (QED) is 0.605. The Labute approximate surface area is 183 Å². The molecule has 9 heteroatoms. The van der Waals surface area contributed by atoms with Crippen LogP contribution in [-0.4, -0.2) is 34.4 Å². The number of methoxy groups -OCH3 is 1. The van der Waals surface area contributed by atoms with Gasteiger partial charge >= 0.3 is 0 Å². The van der Waals surface area contributed by atoms with Crippen LogP contribution in [0.15, 0.2) is 66.1 Å². The van der Waals surface area contributed by atoms with Crippen LogP contribution in [0.1, 0.15) is 17.3 Å². The molecule has 0 saturated carbocycles. The zero-order chi connectivity index (χ0) is 21.1. The van der Waals surface area contributed by atoms with Gasteiger partial charge in [0.15, 0.2) is 0 Å². The molecule has 154 valence electrons. The minimum absolute atomic E-state index is 0.231. The minimum atomic E-state index is -0.500. The Balaban J connectivity index is 1.75. The minimum Gasteiger partial charge on any atom is -0.378 e. The lowest BCUT2D eigenvalue weighted by Gasteiger charge is -2.31.